The molecule has 1 rings (SSSR count). The zero-order chi connectivity index (χ0) is 13.4. The van der Waals surface area contributed by atoms with Crippen molar-refractivity contribution in [3.05, 3.63) is 12.2 Å². The highest BCUT2D eigenvalue weighted by atomic mass is 16.4. The van der Waals surface area contributed by atoms with E-state index in [-0.39, 0.29) is 12.5 Å². The van der Waals surface area contributed by atoms with Crippen molar-refractivity contribution < 1.29 is 19.8 Å². The summed E-state index contributed by atoms with van der Waals surface area (Å²) in [6.45, 7) is 0.716. The molecule has 0 aromatic rings. The molecule has 1 amide bonds. The Morgan fingerprint density at radius 3 is 2.39 bits per heavy atom. The largest absolute Gasteiger partial charge is 0.481 e. The standard InChI is InChI=1S/C13H21NO4/c15-9-5-1-4-8-14-12(16)10-6-2-3-7-11(10)13(17)18/h2-3,10-11,15H,1,4-9H2,(H,14,16)(H,17,18). The number of hydrogen-bond acceptors (Lipinski definition) is 3. The SMILES string of the molecule is O=C(O)C1CC=CCC1C(=O)NCCCCCO. The molecule has 3 N–H and O–H groups in total. The van der Waals surface area contributed by atoms with Gasteiger partial charge < -0.3 is 15.5 Å². The number of aliphatic carboxylic acids is 1. The Hall–Kier alpha value is -1.36. The Labute approximate surface area is 107 Å². The van der Waals surface area contributed by atoms with E-state index < -0.39 is 17.8 Å². The van der Waals surface area contributed by atoms with E-state index in [0.29, 0.717) is 19.4 Å². The molecule has 0 saturated heterocycles. The molecule has 102 valence electrons. The van der Waals surface area contributed by atoms with E-state index in [4.69, 9.17) is 10.2 Å². The van der Waals surface area contributed by atoms with Gasteiger partial charge in [0.05, 0.1) is 11.8 Å². The van der Waals surface area contributed by atoms with Crippen molar-refractivity contribution in [1.82, 2.24) is 5.32 Å². The quantitative estimate of drug-likeness (QED) is 0.466. The number of aliphatic hydroxyl groups is 1. The summed E-state index contributed by atoms with van der Waals surface area (Å²) in [5.74, 6) is -2.13. The molecule has 0 aromatic carbocycles. The van der Waals surface area contributed by atoms with Crippen molar-refractivity contribution in [2.45, 2.75) is 32.1 Å². The number of carboxylic acids is 1. The van der Waals surface area contributed by atoms with Gasteiger partial charge in [0.15, 0.2) is 0 Å². The third-order valence-corrected chi connectivity index (χ3v) is 3.22. The number of hydrogen-bond donors (Lipinski definition) is 3. The van der Waals surface area contributed by atoms with Gasteiger partial charge in [-0.05, 0) is 32.1 Å². The van der Waals surface area contributed by atoms with Gasteiger partial charge in [-0.25, -0.2) is 0 Å². The fourth-order valence-corrected chi connectivity index (χ4v) is 2.13. The van der Waals surface area contributed by atoms with Gasteiger partial charge in [-0.3, -0.25) is 9.59 Å². The van der Waals surface area contributed by atoms with Crippen molar-refractivity contribution >= 4 is 11.9 Å². The van der Waals surface area contributed by atoms with Crippen LogP contribution in [0.2, 0.25) is 0 Å². The van der Waals surface area contributed by atoms with Crippen LogP contribution in [0.1, 0.15) is 32.1 Å². The zero-order valence-corrected chi connectivity index (χ0v) is 10.5. The predicted octanol–water partition coefficient (Wildman–Crippen LogP) is 0.932. The summed E-state index contributed by atoms with van der Waals surface area (Å²) in [6.07, 6.45) is 7.03. The summed E-state index contributed by atoms with van der Waals surface area (Å²) in [6, 6.07) is 0. The molecule has 0 spiro atoms. The first kappa shape index (κ1) is 14.7. The van der Waals surface area contributed by atoms with Crippen LogP contribution in [0.4, 0.5) is 0 Å². The topological polar surface area (TPSA) is 86.6 Å². The summed E-state index contributed by atoms with van der Waals surface area (Å²) in [5, 5.41) is 20.4. The molecule has 0 saturated carbocycles. The monoisotopic (exact) mass is 255 g/mol. The minimum Gasteiger partial charge on any atom is -0.481 e. The summed E-state index contributed by atoms with van der Waals surface area (Å²) in [5.41, 5.74) is 0. The van der Waals surface area contributed by atoms with Crippen molar-refractivity contribution in [2.75, 3.05) is 13.2 Å². The van der Waals surface area contributed by atoms with E-state index in [2.05, 4.69) is 5.32 Å². The molecular formula is C13H21NO4. The van der Waals surface area contributed by atoms with Gasteiger partial charge in [-0.2, -0.15) is 0 Å². The van der Waals surface area contributed by atoms with Gasteiger partial charge in [0.25, 0.3) is 0 Å². The number of allylic oxidation sites excluding steroid dienone is 2. The molecule has 2 unspecified atom stereocenters. The predicted molar refractivity (Wildman–Crippen MR) is 66.9 cm³/mol. The third-order valence-electron chi connectivity index (χ3n) is 3.22. The average Bonchev–Trinajstić information content (AvgIpc) is 2.38. The van der Waals surface area contributed by atoms with Crippen LogP contribution in [0.5, 0.6) is 0 Å². The summed E-state index contributed by atoms with van der Waals surface area (Å²) >= 11 is 0. The highest BCUT2D eigenvalue weighted by molar-refractivity contribution is 5.85. The summed E-state index contributed by atoms with van der Waals surface area (Å²) < 4.78 is 0. The molecule has 18 heavy (non-hydrogen) atoms. The van der Waals surface area contributed by atoms with Crippen LogP contribution >= 0.6 is 0 Å². The van der Waals surface area contributed by atoms with Crippen molar-refractivity contribution in [2.24, 2.45) is 11.8 Å². The van der Waals surface area contributed by atoms with E-state index in [1.165, 1.54) is 0 Å². The first-order chi connectivity index (χ1) is 8.66. The highest BCUT2D eigenvalue weighted by Crippen LogP contribution is 2.25. The lowest BCUT2D eigenvalue weighted by molar-refractivity contribution is -0.147. The first-order valence-corrected chi connectivity index (χ1v) is 6.43. The fourth-order valence-electron chi connectivity index (χ4n) is 2.13. The summed E-state index contributed by atoms with van der Waals surface area (Å²) in [4.78, 5) is 22.9. The first-order valence-electron chi connectivity index (χ1n) is 6.43. The number of carbonyl (C=O) groups excluding carboxylic acids is 1. The average molecular weight is 255 g/mol. The second-order valence-corrected chi connectivity index (χ2v) is 4.57. The maximum Gasteiger partial charge on any atom is 0.307 e. The number of amides is 1. The second kappa shape index (κ2) is 7.87. The van der Waals surface area contributed by atoms with E-state index in [1.54, 1.807) is 0 Å². The smallest absolute Gasteiger partial charge is 0.307 e. The molecule has 0 heterocycles. The molecule has 5 nitrogen and oxygen atoms in total. The van der Waals surface area contributed by atoms with E-state index in [0.717, 1.165) is 19.3 Å². The van der Waals surface area contributed by atoms with Crippen LogP contribution in [-0.2, 0) is 9.59 Å². The highest BCUT2D eigenvalue weighted by Gasteiger charge is 2.33. The number of rotatable bonds is 7. The number of carboxylic acid groups (broad SMARTS) is 1. The lowest BCUT2D eigenvalue weighted by Gasteiger charge is -2.24. The maximum atomic E-state index is 11.9. The molecular weight excluding hydrogens is 234 g/mol. The molecule has 1 aliphatic rings. The number of unbranched alkanes of at least 4 members (excludes halogenated alkanes) is 2. The molecule has 2 atom stereocenters. The molecule has 0 bridgehead atoms. The summed E-state index contributed by atoms with van der Waals surface area (Å²) in [7, 11) is 0. The number of aliphatic hydroxyl groups excluding tert-OH is 1. The minimum absolute atomic E-state index is 0.169. The maximum absolute atomic E-state index is 11.9. The van der Waals surface area contributed by atoms with Crippen LogP contribution in [-0.4, -0.2) is 35.2 Å². The molecule has 0 aliphatic heterocycles. The minimum atomic E-state index is -0.903. The van der Waals surface area contributed by atoms with Crippen LogP contribution in [0.25, 0.3) is 0 Å². The zero-order valence-electron chi connectivity index (χ0n) is 10.5. The van der Waals surface area contributed by atoms with Crippen LogP contribution in [0.3, 0.4) is 0 Å². The Morgan fingerprint density at radius 2 is 1.78 bits per heavy atom. The lowest BCUT2D eigenvalue weighted by Crippen LogP contribution is -2.39. The van der Waals surface area contributed by atoms with Gasteiger partial charge >= 0.3 is 5.97 Å². The second-order valence-electron chi connectivity index (χ2n) is 4.57. The molecule has 0 fully saturated rings. The van der Waals surface area contributed by atoms with Crippen LogP contribution < -0.4 is 5.32 Å². The van der Waals surface area contributed by atoms with Gasteiger partial charge in [0.2, 0.25) is 5.91 Å². The number of nitrogens with one attached hydrogen (secondary N) is 1. The van der Waals surface area contributed by atoms with Gasteiger partial charge in [0.1, 0.15) is 0 Å². The fraction of sp³-hybridized carbons (Fsp3) is 0.692. The molecule has 5 heteroatoms. The van der Waals surface area contributed by atoms with Crippen LogP contribution in [0.15, 0.2) is 12.2 Å². The van der Waals surface area contributed by atoms with Gasteiger partial charge in [-0.15, -0.1) is 0 Å². The van der Waals surface area contributed by atoms with Crippen molar-refractivity contribution in [3.63, 3.8) is 0 Å². The molecule has 1 aliphatic carbocycles. The van der Waals surface area contributed by atoms with E-state index >= 15 is 0 Å². The van der Waals surface area contributed by atoms with Crippen molar-refractivity contribution in [1.29, 1.82) is 0 Å². The Balaban J connectivity index is 2.35. The normalized spacial score (nSPS) is 22.7. The van der Waals surface area contributed by atoms with Gasteiger partial charge in [-0.1, -0.05) is 12.2 Å². The molecule has 0 aromatic heterocycles. The Morgan fingerprint density at radius 1 is 1.11 bits per heavy atom. The van der Waals surface area contributed by atoms with Crippen molar-refractivity contribution in [3.8, 4) is 0 Å². The number of carbonyl (C=O) groups is 2. The molecule has 0 radical (unpaired) electrons. The lowest BCUT2D eigenvalue weighted by atomic mass is 9.82. The van der Waals surface area contributed by atoms with Gasteiger partial charge in [0, 0.05) is 13.2 Å². The van der Waals surface area contributed by atoms with Crippen LogP contribution in [0, 0.1) is 11.8 Å². The van der Waals surface area contributed by atoms with E-state index in [9.17, 15) is 9.59 Å². The Kier molecular flexibility index (Phi) is 6.43. The third kappa shape index (κ3) is 4.49. The van der Waals surface area contributed by atoms with E-state index in [1.807, 2.05) is 12.2 Å². The Bertz CT molecular complexity index is 314.